The molecule has 2 heterocycles. The molecule has 2 fully saturated rings. The van der Waals surface area contributed by atoms with Crippen LogP contribution >= 0.6 is 0 Å². The largest absolute Gasteiger partial charge is 0.456 e. The van der Waals surface area contributed by atoms with Gasteiger partial charge < -0.3 is 14.6 Å². The fraction of sp³-hybridized carbons (Fsp3) is 0.667. The molecule has 0 bridgehead atoms. The molecule has 104 valence electrons. The van der Waals surface area contributed by atoms with Crippen LogP contribution in [0.3, 0.4) is 0 Å². The molecule has 1 aliphatic carbocycles. The van der Waals surface area contributed by atoms with Crippen molar-refractivity contribution < 1.29 is 9.21 Å². The Balaban J connectivity index is 1.68. The van der Waals surface area contributed by atoms with Crippen LogP contribution in [0.2, 0.25) is 0 Å². The van der Waals surface area contributed by atoms with E-state index >= 15 is 0 Å². The molecule has 0 aromatic carbocycles. The Kier molecular flexibility index (Phi) is 3.60. The van der Waals surface area contributed by atoms with Crippen molar-refractivity contribution >= 4 is 5.91 Å². The lowest BCUT2D eigenvalue weighted by molar-refractivity contribution is 0.0670. The van der Waals surface area contributed by atoms with Crippen LogP contribution in [0.15, 0.2) is 16.5 Å². The zero-order chi connectivity index (χ0) is 13.2. The summed E-state index contributed by atoms with van der Waals surface area (Å²) in [5, 5.41) is 3.42. The van der Waals surface area contributed by atoms with Gasteiger partial charge in [-0.15, -0.1) is 0 Å². The third-order valence-corrected chi connectivity index (χ3v) is 4.05. The van der Waals surface area contributed by atoms with E-state index in [9.17, 15) is 4.79 Å². The van der Waals surface area contributed by atoms with Crippen molar-refractivity contribution in [3.8, 4) is 0 Å². The minimum absolute atomic E-state index is 0.0705. The predicted molar refractivity (Wildman–Crippen MR) is 73.1 cm³/mol. The Hall–Kier alpha value is -1.29. The lowest BCUT2D eigenvalue weighted by Gasteiger charge is -2.29. The third kappa shape index (κ3) is 3.00. The average molecular weight is 262 g/mol. The highest BCUT2D eigenvalue weighted by atomic mass is 16.3. The number of hydrogen-bond acceptors (Lipinski definition) is 3. The van der Waals surface area contributed by atoms with Gasteiger partial charge in [0.2, 0.25) is 0 Å². The normalized spacial score (nSPS) is 23.3. The first-order valence-electron chi connectivity index (χ1n) is 7.32. The SMILES string of the molecule is Cc1ccc(C(=O)N(CC2CCCNC2)C2CC2)o1. The molecule has 4 heteroatoms. The highest BCUT2D eigenvalue weighted by Crippen LogP contribution is 2.30. The Bertz CT molecular complexity index is 445. The smallest absolute Gasteiger partial charge is 0.289 e. The first kappa shape index (κ1) is 12.7. The highest BCUT2D eigenvalue weighted by molar-refractivity contribution is 5.92. The molecule has 1 atom stereocenters. The van der Waals surface area contributed by atoms with Gasteiger partial charge in [0.25, 0.3) is 5.91 Å². The molecule has 1 amide bonds. The van der Waals surface area contributed by atoms with Gasteiger partial charge in [0, 0.05) is 12.6 Å². The third-order valence-electron chi connectivity index (χ3n) is 4.05. The minimum Gasteiger partial charge on any atom is -0.456 e. The highest BCUT2D eigenvalue weighted by Gasteiger charge is 2.35. The van der Waals surface area contributed by atoms with Gasteiger partial charge in [-0.25, -0.2) is 0 Å². The standard InChI is InChI=1S/C15H22N2O2/c1-11-4-7-14(19-11)15(18)17(13-5-6-13)10-12-3-2-8-16-9-12/h4,7,12-13,16H,2-3,5-6,8-10H2,1H3. The molecule has 1 aromatic rings. The number of hydrogen-bond donors (Lipinski definition) is 1. The van der Waals surface area contributed by atoms with Crippen LogP contribution in [0.25, 0.3) is 0 Å². The number of rotatable bonds is 4. The van der Waals surface area contributed by atoms with Crippen molar-refractivity contribution in [2.45, 2.75) is 38.6 Å². The fourth-order valence-corrected chi connectivity index (χ4v) is 2.83. The monoisotopic (exact) mass is 262 g/mol. The zero-order valence-electron chi connectivity index (χ0n) is 11.5. The van der Waals surface area contributed by atoms with E-state index in [1.54, 1.807) is 6.07 Å². The van der Waals surface area contributed by atoms with Gasteiger partial charge in [0.1, 0.15) is 5.76 Å². The summed E-state index contributed by atoms with van der Waals surface area (Å²) in [6, 6.07) is 4.10. The first-order valence-corrected chi connectivity index (χ1v) is 7.32. The van der Waals surface area contributed by atoms with Gasteiger partial charge in [-0.3, -0.25) is 4.79 Å². The van der Waals surface area contributed by atoms with E-state index in [2.05, 4.69) is 5.32 Å². The van der Waals surface area contributed by atoms with E-state index in [1.807, 2.05) is 17.9 Å². The maximum atomic E-state index is 12.5. The number of piperidine rings is 1. The first-order chi connectivity index (χ1) is 9.24. The second-order valence-corrected chi connectivity index (χ2v) is 5.81. The summed E-state index contributed by atoms with van der Waals surface area (Å²) in [7, 11) is 0. The summed E-state index contributed by atoms with van der Waals surface area (Å²) in [5.41, 5.74) is 0. The molecule has 19 heavy (non-hydrogen) atoms. The molecule has 0 spiro atoms. The van der Waals surface area contributed by atoms with Gasteiger partial charge in [-0.2, -0.15) is 0 Å². The van der Waals surface area contributed by atoms with Crippen LogP contribution < -0.4 is 5.32 Å². The van der Waals surface area contributed by atoms with Crippen LogP contribution in [0.5, 0.6) is 0 Å². The van der Waals surface area contributed by atoms with Crippen molar-refractivity contribution in [1.29, 1.82) is 0 Å². The maximum Gasteiger partial charge on any atom is 0.289 e. The molecule has 1 aliphatic heterocycles. The van der Waals surface area contributed by atoms with Crippen molar-refractivity contribution in [3.63, 3.8) is 0 Å². The van der Waals surface area contributed by atoms with Crippen LogP contribution in [0.4, 0.5) is 0 Å². The summed E-state index contributed by atoms with van der Waals surface area (Å²) in [6.45, 7) is 4.90. The van der Waals surface area contributed by atoms with Crippen molar-refractivity contribution in [1.82, 2.24) is 10.2 Å². The van der Waals surface area contributed by atoms with Crippen molar-refractivity contribution in [2.75, 3.05) is 19.6 Å². The van der Waals surface area contributed by atoms with Crippen LogP contribution in [0.1, 0.15) is 42.0 Å². The Labute approximate surface area is 114 Å². The number of nitrogens with one attached hydrogen (secondary N) is 1. The number of furan rings is 1. The Morgan fingerprint density at radius 1 is 1.42 bits per heavy atom. The van der Waals surface area contributed by atoms with E-state index < -0.39 is 0 Å². The summed E-state index contributed by atoms with van der Waals surface area (Å²) in [5.74, 6) is 1.96. The fourth-order valence-electron chi connectivity index (χ4n) is 2.83. The quantitative estimate of drug-likeness (QED) is 0.904. The topological polar surface area (TPSA) is 45.5 Å². The summed E-state index contributed by atoms with van der Waals surface area (Å²) >= 11 is 0. The molecular weight excluding hydrogens is 240 g/mol. The van der Waals surface area contributed by atoms with E-state index in [-0.39, 0.29) is 5.91 Å². The van der Waals surface area contributed by atoms with Gasteiger partial charge in [-0.05, 0) is 63.7 Å². The number of nitrogens with zero attached hydrogens (tertiary/aromatic N) is 1. The molecule has 0 radical (unpaired) electrons. The van der Waals surface area contributed by atoms with Crippen molar-refractivity contribution in [3.05, 3.63) is 23.7 Å². The number of amides is 1. The van der Waals surface area contributed by atoms with Gasteiger partial charge in [0.15, 0.2) is 5.76 Å². The number of carbonyl (C=O) groups excluding carboxylic acids is 1. The summed E-state index contributed by atoms with van der Waals surface area (Å²) in [4.78, 5) is 14.6. The van der Waals surface area contributed by atoms with Gasteiger partial charge in [0.05, 0.1) is 0 Å². The number of aryl methyl sites for hydroxylation is 1. The molecule has 3 rings (SSSR count). The maximum absolute atomic E-state index is 12.5. The van der Waals surface area contributed by atoms with Gasteiger partial charge >= 0.3 is 0 Å². The molecule has 1 saturated heterocycles. The number of carbonyl (C=O) groups is 1. The molecule has 1 unspecified atom stereocenters. The lowest BCUT2D eigenvalue weighted by Crippen LogP contribution is -2.42. The van der Waals surface area contributed by atoms with E-state index in [0.717, 1.165) is 38.2 Å². The summed E-state index contributed by atoms with van der Waals surface area (Å²) in [6.07, 6.45) is 4.73. The van der Waals surface area contributed by atoms with Gasteiger partial charge in [-0.1, -0.05) is 0 Å². The molecule has 1 N–H and O–H groups in total. The molecule has 1 aromatic heterocycles. The second-order valence-electron chi connectivity index (χ2n) is 5.81. The van der Waals surface area contributed by atoms with E-state index in [4.69, 9.17) is 4.42 Å². The van der Waals surface area contributed by atoms with Crippen LogP contribution in [-0.2, 0) is 0 Å². The second kappa shape index (κ2) is 5.37. The average Bonchev–Trinajstić information content (AvgIpc) is 3.18. The van der Waals surface area contributed by atoms with Crippen LogP contribution in [-0.4, -0.2) is 36.5 Å². The summed E-state index contributed by atoms with van der Waals surface area (Å²) < 4.78 is 5.49. The Morgan fingerprint density at radius 3 is 2.84 bits per heavy atom. The van der Waals surface area contributed by atoms with E-state index in [0.29, 0.717) is 17.7 Å². The van der Waals surface area contributed by atoms with Crippen LogP contribution in [0, 0.1) is 12.8 Å². The van der Waals surface area contributed by atoms with E-state index in [1.165, 1.54) is 12.8 Å². The molecular formula is C15H22N2O2. The molecule has 1 saturated carbocycles. The molecule has 4 nitrogen and oxygen atoms in total. The predicted octanol–water partition coefficient (Wildman–Crippen LogP) is 2.19. The molecule has 2 aliphatic rings. The minimum atomic E-state index is 0.0705. The Morgan fingerprint density at radius 2 is 2.26 bits per heavy atom. The lowest BCUT2D eigenvalue weighted by atomic mass is 9.99. The zero-order valence-corrected chi connectivity index (χ0v) is 11.5. The van der Waals surface area contributed by atoms with Crippen molar-refractivity contribution in [2.24, 2.45) is 5.92 Å².